The van der Waals surface area contributed by atoms with E-state index < -0.39 is 0 Å². The SMILES string of the molecule is CN(C)CCOc1ccc(NC(=O)C2CSCN2)cc1.Cl.Cl. The Balaban J connectivity index is 0.00000220. The van der Waals surface area contributed by atoms with E-state index in [1.165, 1.54) is 0 Å². The summed E-state index contributed by atoms with van der Waals surface area (Å²) in [6.07, 6.45) is 0. The van der Waals surface area contributed by atoms with Crippen LogP contribution in [0.2, 0.25) is 0 Å². The lowest BCUT2D eigenvalue weighted by Crippen LogP contribution is -2.37. The fourth-order valence-electron chi connectivity index (χ4n) is 1.77. The second-order valence-electron chi connectivity index (χ2n) is 4.94. The van der Waals surface area contributed by atoms with Gasteiger partial charge in [0.05, 0.1) is 6.04 Å². The van der Waals surface area contributed by atoms with Crippen molar-refractivity contribution >= 4 is 48.2 Å². The molecule has 0 bridgehead atoms. The van der Waals surface area contributed by atoms with E-state index in [0.717, 1.165) is 29.6 Å². The first-order chi connectivity index (χ1) is 9.65. The van der Waals surface area contributed by atoms with E-state index in [1.807, 2.05) is 38.4 Å². The molecule has 0 aromatic heterocycles. The Bertz CT molecular complexity index is 440. The van der Waals surface area contributed by atoms with Crippen LogP contribution in [0.15, 0.2) is 24.3 Å². The normalized spacial score (nSPS) is 16.6. The van der Waals surface area contributed by atoms with Gasteiger partial charge in [-0.15, -0.1) is 36.6 Å². The van der Waals surface area contributed by atoms with Crippen LogP contribution >= 0.6 is 36.6 Å². The van der Waals surface area contributed by atoms with Crippen LogP contribution in [-0.2, 0) is 4.79 Å². The van der Waals surface area contributed by atoms with Gasteiger partial charge in [0.1, 0.15) is 12.4 Å². The highest BCUT2D eigenvalue weighted by molar-refractivity contribution is 7.99. The summed E-state index contributed by atoms with van der Waals surface area (Å²) in [4.78, 5) is 14.0. The van der Waals surface area contributed by atoms with E-state index in [1.54, 1.807) is 11.8 Å². The number of amides is 1. The monoisotopic (exact) mass is 367 g/mol. The lowest BCUT2D eigenvalue weighted by molar-refractivity contribution is -0.117. The maximum absolute atomic E-state index is 11.9. The average Bonchev–Trinajstić information content (AvgIpc) is 2.94. The van der Waals surface area contributed by atoms with Crippen molar-refractivity contribution in [3.05, 3.63) is 24.3 Å². The molecule has 1 unspecified atom stereocenters. The van der Waals surface area contributed by atoms with Gasteiger partial charge in [-0.2, -0.15) is 0 Å². The second-order valence-corrected chi connectivity index (χ2v) is 5.97. The summed E-state index contributed by atoms with van der Waals surface area (Å²) in [6, 6.07) is 7.40. The summed E-state index contributed by atoms with van der Waals surface area (Å²) in [6.45, 7) is 1.53. The number of rotatable bonds is 6. The molecule has 1 aliphatic heterocycles. The number of ether oxygens (including phenoxy) is 1. The minimum absolute atomic E-state index is 0. The Morgan fingerprint density at radius 2 is 2.05 bits per heavy atom. The number of benzene rings is 1. The number of hydrogen-bond donors (Lipinski definition) is 2. The zero-order chi connectivity index (χ0) is 14.4. The number of thioether (sulfide) groups is 1. The Morgan fingerprint density at radius 1 is 1.36 bits per heavy atom. The van der Waals surface area contributed by atoms with E-state index >= 15 is 0 Å². The molecule has 0 spiro atoms. The largest absolute Gasteiger partial charge is 0.492 e. The molecule has 1 amide bonds. The molecule has 2 N–H and O–H groups in total. The molecule has 22 heavy (non-hydrogen) atoms. The molecule has 1 fully saturated rings. The molecule has 126 valence electrons. The maximum Gasteiger partial charge on any atom is 0.242 e. The molecule has 1 atom stereocenters. The van der Waals surface area contributed by atoms with Crippen molar-refractivity contribution in [3.63, 3.8) is 0 Å². The topological polar surface area (TPSA) is 53.6 Å². The lowest BCUT2D eigenvalue weighted by Gasteiger charge is -2.12. The highest BCUT2D eigenvalue weighted by Gasteiger charge is 2.22. The van der Waals surface area contributed by atoms with Crippen molar-refractivity contribution < 1.29 is 9.53 Å². The van der Waals surface area contributed by atoms with Gasteiger partial charge in [0.25, 0.3) is 0 Å². The van der Waals surface area contributed by atoms with Crippen molar-refractivity contribution in [2.75, 3.05) is 44.2 Å². The third-order valence-corrected chi connectivity index (χ3v) is 3.90. The smallest absolute Gasteiger partial charge is 0.242 e. The van der Waals surface area contributed by atoms with Gasteiger partial charge in [-0.3, -0.25) is 10.1 Å². The zero-order valence-corrected chi connectivity index (χ0v) is 15.2. The van der Waals surface area contributed by atoms with Crippen LogP contribution < -0.4 is 15.4 Å². The molecule has 1 aliphatic rings. The Morgan fingerprint density at radius 3 is 2.59 bits per heavy atom. The molecular formula is C14H23Cl2N3O2S. The first-order valence-electron chi connectivity index (χ1n) is 6.65. The third-order valence-electron chi connectivity index (χ3n) is 2.96. The molecule has 1 aromatic carbocycles. The van der Waals surface area contributed by atoms with Gasteiger partial charge in [-0.1, -0.05) is 0 Å². The number of halogens is 2. The van der Waals surface area contributed by atoms with E-state index in [4.69, 9.17) is 4.74 Å². The van der Waals surface area contributed by atoms with Crippen LogP contribution in [0.3, 0.4) is 0 Å². The van der Waals surface area contributed by atoms with Crippen molar-refractivity contribution in [2.45, 2.75) is 6.04 Å². The summed E-state index contributed by atoms with van der Waals surface area (Å²) in [7, 11) is 4.02. The van der Waals surface area contributed by atoms with Gasteiger partial charge in [-0.05, 0) is 38.4 Å². The van der Waals surface area contributed by atoms with Crippen LogP contribution in [0.5, 0.6) is 5.75 Å². The highest BCUT2D eigenvalue weighted by Crippen LogP contribution is 2.17. The summed E-state index contributed by atoms with van der Waals surface area (Å²) < 4.78 is 5.61. The zero-order valence-electron chi connectivity index (χ0n) is 12.7. The van der Waals surface area contributed by atoms with Gasteiger partial charge in [-0.25, -0.2) is 0 Å². The molecule has 1 aromatic rings. The second kappa shape index (κ2) is 11.0. The van der Waals surface area contributed by atoms with E-state index in [-0.39, 0.29) is 36.8 Å². The molecule has 1 saturated heterocycles. The van der Waals surface area contributed by atoms with Gasteiger partial charge >= 0.3 is 0 Å². The average molecular weight is 368 g/mol. The van der Waals surface area contributed by atoms with E-state index in [9.17, 15) is 4.79 Å². The minimum atomic E-state index is -0.0870. The summed E-state index contributed by atoms with van der Waals surface area (Å²) >= 11 is 1.74. The third kappa shape index (κ3) is 7.07. The molecule has 0 saturated carbocycles. The number of likely N-dealkylation sites (N-methyl/N-ethyl adjacent to an activating group) is 1. The van der Waals surface area contributed by atoms with Crippen molar-refractivity contribution in [1.29, 1.82) is 0 Å². The fraction of sp³-hybridized carbons (Fsp3) is 0.500. The number of carbonyl (C=O) groups excluding carboxylic acids is 1. The molecular weight excluding hydrogens is 345 g/mol. The standard InChI is InChI=1S/C14H21N3O2S.2ClH/c1-17(2)7-8-19-12-5-3-11(4-6-12)16-14(18)13-9-20-10-15-13;;/h3-6,13,15H,7-10H2,1-2H3,(H,16,18);2*1H. The number of carbonyl (C=O) groups is 1. The van der Waals surface area contributed by atoms with Gasteiger partial charge < -0.3 is 15.0 Å². The van der Waals surface area contributed by atoms with E-state index in [2.05, 4.69) is 15.5 Å². The van der Waals surface area contributed by atoms with Crippen LogP contribution in [-0.4, -0.2) is 55.7 Å². The molecule has 5 nitrogen and oxygen atoms in total. The predicted molar refractivity (Wildman–Crippen MR) is 97.9 cm³/mol. The first-order valence-corrected chi connectivity index (χ1v) is 7.80. The molecule has 0 radical (unpaired) electrons. The quantitative estimate of drug-likeness (QED) is 0.805. The van der Waals surface area contributed by atoms with Crippen LogP contribution in [0, 0.1) is 0 Å². The fourth-order valence-corrected chi connectivity index (χ4v) is 2.72. The van der Waals surface area contributed by atoms with Crippen LogP contribution in [0.25, 0.3) is 0 Å². The Hall–Kier alpha value is -0.660. The van der Waals surface area contributed by atoms with Crippen molar-refractivity contribution in [1.82, 2.24) is 10.2 Å². The summed E-state index contributed by atoms with van der Waals surface area (Å²) in [5.74, 6) is 2.52. The Labute approximate surface area is 148 Å². The van der Waals surface area contributed by atoms with Crippen LogP contribution in [0.1, 0.15) is 0 Å². The number of hydrogen-bond acceptors (Lipinski definition) is 5. The number of nitrogens with one attached hydrogen (secondary N) is 2. The van der Waals surface area contributed by atoms with Gasteiger partial charge in [0.2, 0.25) is 5.91 Å². The molecule has 2 rings (SSSR count). The molecule has 0 aliphatic carbocycles. The van der Waals surface area contributed by atoms with Crippen molar-refractivity contribution in [3.8, 4) is 5.75 Å². The maximum atomic E-state index is 11.9. The Kier molecular flexibility index (Phi) is 10.6. The number of anilines is 1. The molecule has 8 heteroatoms. The van der Waals surface area contributed by atoms with E-state index in [0.29, 0.717) is 6.61 Å². The minimum Gasteiger partial charge on any atom is -0.492 e. The summed E-state index contributed by atoms with van der Waals surface area (Å²) in [5.41, 5.74) is 0.800. The van der Waals surface area contributed by atoms with Gasteiger partial charge in [0.15, 0.2) is 0 Å². The first kappa shape index (κ1) is 21.3. The van der Waals surface area contributed by atoms with Crippen molar-refractivity contribution in [2.24, 2.45) is 0 Å². The lowest BCUT2D eigenvalue weighted by atomic mass is 10.2. The van der Waals surface area contributed by atoms with Gasteiger partial charge in [0, 0.05) is 23.9 Å². The highest BCUT2D eigenvalue weighted by atomic mass is 35.5. The number of nitrogens with zero attached hydrogens (tertiary/aromatic N) is 1. The predicted octanol–water partition coefficient (Wildman–Crippen LogP) is 2.07. The van der Waals surface area contributed by atoms with Crippen LogP contribution in [0.4, 0.5) is 5.69 Å². The molecule has 1 heterocycles. The summed E-state index contributed by atoms with van der Waals surface area (Å²) in [5, 5.41) is 6.05.